The van der Waals surface area contributed by atoms with Gasteiger partial charge in [-0.15, -0.1) is 0 Å². The highest BCUT2D eigenvalue weighted by atomic mass is 35.5. The van der Waals surface area contributed by atoms with Gasteiger partial charge in [0.25, 0.3) is 0 Å². The molecule has 0 radical (unpaired) electrons. The normalized spacial score (nSPS) is 37.0. The number of hydrogen-bond donors (Lipinski definition) is 2. The van der Waals surface area contributed by atoms with Gasteiger partial charge in [0.2, 0.25) is 0 Å². The van der Waals surface area contributed by atoms with Gasteiger partial charge in [-0.25, -0.2) is 0 Å². The van der Waals surface area contributed by atoms with Crippen LogP contribution in [0.3, 0.4) is 0 Å². The SMILES string of the molecule is CC1CN2C3CCC2C1C(c1ccc(Cl)c(Cl)c1)C3.O=S(=O)(O)O. The molecule has 4 bridgehead atoms. The largest absolute Gasteiger partial charge is 0.394 e. The number of halogens is 2. The summed E-state index contributed by atoms with van der Waals surface area (Å²) < 4.78 is 31.6. The summed E-state index contributed by atoms with van der Waals surface area (Å²) in [5.74, 6) is 2.31. The molecule has 1 aromatic carbocycles. The van der Waals surface area contributed by atoms with Crippen molar-refractivity contribution in [3.8, 4) is 0 Å². The lowest BCUT2D eigenvalue weighted by Crippen LogP contribution is -2.40. The highest BCUT2D eigenvalue weighted by Gasteiger charge is 2.54. The Morgan fingerprint density at radius 1 is 1.17 bits per heavy atom. The lowest BCUT2D eigenvalue weighted by molar-refractivity contribution is 0.150. The van der Waals surface area contributed by atoms with Gasteiger partial charge in [-0.2, -0.15) is 8.42 Å². The van der Waals surface area contributed by atoms with Crippen LogP contribution in [0.25, 0.3) is 0 Å². The Hall–Kier alpha value is -0.370. The average Bonchev–Trinajstić information content (AvgIpc) is 2.85. The van der Waals surface area contributed by atoms with Crippen LogP contribution in [0.2, 0.25) is 10.0 Å². The maximum Gasteiger partial charge on any atom is 0.394 e. The number of rotatable bonds is 1. The summed E-state index contributed by atoms with van der Waals surface area (Å²) >= 11 is 12.3. The van der Waals surface area contributed by atoms with E-state index >= 15 is 0 Å². The van der Waals surface area contributed by atoms with Crippen molar-refractivity contribution in [1.29, 1.82) is 0 Å². The molecule has 134 valence electrons. The Morgan fingerprint density at radius 2 is 1.83 bits per heavy atom. The van der Waals surface area contributed by atoms with Crippen LogP contribution in [0.5, 0.6) is 0 Å². The topological polar surface area (TPSA) is 77.8 Å². The second-order valence-corrected chi connectivity index (χ2v) is 8.72. The minimum atomic E-state index is -4.67. The van der Waals surface area contributed by atoms with Gasteiger partial charge in [-0.3, -0.25) is 14.0 Å². The lowest BCUT2D eigenvalue weighted by Gasteiger charge is -2.38. The van der Waals surface area contributed by atoms with Crippen molar-refractivity contribution >= 4 is 33.6 Å². The van der Waals surface area contributed by atoms with Crippen LogP contribution < -0.4 is 0 Å². The first-order valence-corrected chi connectivity index (χ1v) is 10.2. The second kappa shape index (κ2) is 6.74. The minimum absolute atomic E-state index is 0.672. The molecule has 5 nitrogen and oxygen atoms in total. The zero-order valence-electron chi connectivity index (χ0n) is 13.3. The Labute approximate surface area is 152 Å². The third-order valence-electron chi connectivity index (χ3n) is 5.65. The van der Waals surface area contributed by atoms with Gasteiger partial charge in [0.05, 0.1) is 10.0 Å². The van der Waals surface area contributed by atoms with Gasteiger partial charge in [-0.1, -0.05) is 36.2 Å². The second-order valence-electron chi connectivity index (χ2n) is 7.01. The summed E-state index contributed by atoms with van der Waals surface area (Å²) in [5, 5.41) is 1.38. The van der Waals surface area contributed by atoms with Gasteiger partial charge in [0.15, 0.2) is 0 Å². The molecule has 3 fully saturated rings. The predicted molar refractivity (Wildman–Crippen MR) is 94.2 cm³/mol. The van der Waals surface area contributed by atoms with E-state index in [2.05, 4.69) is 24.0 Å². The molecule has 0 spiro atoms. The van der Waals surface area contributed by atoms with E-state index in [1.165, 1.54) is 31.4 Å². The molecular weight excluding hydrogens is 373 g/mol. The van der Waals surface area contributed by atoms with Crippen LogP contribution in [0.1, 0.15) is 37.7 Å². The summed E-state index contributed by atoms with van der Waals surface area (Å²) in [5.41, 5.74) is 1.41. The standard InChI is InChI=1S/C16H19Cl2N.H2O4S/c1-9-8-19-11-3-5-15(19)16(9)12(7-11)10-2-4-13(17)14(18)6-10;1-5(2,3)4/h2,4,6,9,11-12,15-16H,3,5,7-8H2,1H3;(H2,1,2,3,4). The van der Waals surface area contributed by atoms with Gasteiger partial charge in [0, 0.05) is 18.6 Å². The first-order chi connectivity index (χ1) is 11.1. The van der Waals surface area contributed by atoms with E-state index in [0.29, 0.717) is 16.0 Å². The van der Waals surface area contributed by atoms with Crippen LogP contribution in [0.15, 0.2) is 18.2 Å². The van der Waals surface area contributed by atoms with Crippen molar-refractivity contribution in [2.24, 2.45) is 11.8 Å². The predicted octanol–water partition coefficient (Wildman–Crippen LogP) is 3.93. The van der Waals surface area contributed by atoms with E-state index in [4.69, 9.17) is 40.7 Å². The Morgan fingerprint density at radius 3 is 2.46 bits per heavy atom. The summed E-state index contributed by atoms with van der Waals surface area (Å²) in [4.78, 5) is 2.78. The van der Waals surface area contributed by atoms with Gasteiger partial charge in [-0.05, 0) is 54.7 Å². The van der Waals surface area contributed by atoms with Gasteiger partial charge >= 0.3 is 10.4 Å². The fourth-order valence-electron chi connectivity index (χ4n) is 4.97. The number of hydrogen-bond acceptors (Lipinski definition) is 3. The Bertz CT molecular complexity index is 719. The molecule has 0 amide bonds. The average molecular weight is 394 g/mol. The first-order valence-electron chi connectivity index (χ1n) is 8.05. The van der Waals surface area contributed by atoms with Crippen LogP contribution in [0, 0.1) is 11.8 Å². The molecule has 3 heterocycles. The summed E-state index contributed by atoms with van der Waals surface area (Å²) in [6.07, 6.45) is 4.10. The van der Waals surface area contributed by atoms with Crippen LogP contribution >= 0.6 is 23.2 Å². The number of benzene rings is 1. The molecule has 3 aliphatic heterocycles. The highest BCUT2D eigenvalue weighted by Crippen LogP contribution is 2.54. The molecule has 0 aromatic heterocycles. The van der Waals surface area contributed by atoms with Crippen molar-refractivity contribution < 1.29 is 17.5 Å². The van der Waals surface area contributed by atoms with Crippen molar-refractivity contribution in [1.82, 2.24) is 4.90 Å². The van der Waals surface area contributed by atoms with E-state index < -0.39 is 10.4 Å². The van der Waals surface area contributed by atoms with Gasteiger partial charge in [0.1, 0.15) is 0 Å². The summed E-state index contributed by atoms with van der Waals surface area (Å²) in [6, 6.07) is 7.90. The van der Waals surface area contributed by atoms with Crippen LogP contribution in [-0.4, -0.2) is 41.1 Å². The van der Waals surface area contributed by atoms with E-state index in [0.717, 1.165) is 23.9 Å². The molecule has 4 rings (SSSR count). The van der Waals surface area contributed by atoms with E-state index in [9.17, 15) is 0 Å². The van der Waals surface area contributed by atoms with E-state index in [1.54, 1.807) is 0 Å². The Balaban J connectivity index is 0.000000300. The first kappa shape index (κ1) is 18.4. The van der Waals surface area contributed by atoms with Crippen LogP contribution in [0.4, 0.5) is 0 Å². The van der Waals surface area contributed by atoms with Crippen LogP contribution in [-0.2, 0) is 10.4 Å². The molecule has 8 heteroatoms. The quantitative estimate of drug-likeness (QED) is 0.706. The molecule has 3 aliphatic rings. The molecular formula is C16H21Cl2NO4S. The monoisotopic (exact) mass is 393 g/mol. The molecule has 0 aliphatic carbocycles. The molecule has 3 saturated heterocycles. The molecule has 2 N–H and O–H groups in total. The van der Waals surface area contributed by atoms with Gasteiger partial charge < -0.3 is 0 Å². The third kappa shape index (κ3) is 3.74. The third-order valence-corrected chi connectivity index (χ3v) is 6.39. The van der Waals surface area contributed by atoms with Crippen molar-refractivity contribution in [2.45, 2.75) is 44.2 Å². The zero-order valence-corrected chi connectivity index (χ0v) is 15.6. The van der Waals surface area contributed by atoms with E-state index in [1.807, 2.05) is 6.07 Å². The van der Waals surface area contributed by atoms with E-state index in [-0.39, 0.29) is 0 Å². The molecule has 24 heavy (non-hydrogen) atoms. The molecule has 0 saturated carbocycles. The molecule has 1 aromatic rings. The maximum absolute atomic E-state index is 8.74. The zero-order chi connectivity index (χ0) is 17.6. The fraction of sp³-hybridized carbons (Fsp3) is 0.625. The minimum Gasteiger partial charge on any atom is -0.297 e. The summed E-state index contributed by atoms with van der Waals surface area (Å²) in [6.45, 7) is 3.73. The highest BCUT2D eigenvalue weighted by molar-refractivity contribution is 7.79. The number of piperidine rings is 1. The molecule has 6 atom stereocenters. The van der Waals surface area contributed by atoms with Crippen molar-refractivity contribution in [2.75, 3.05) is 6.54 Å². The maximum atomic E-state index is 8.74. The lowest BCUT2D eigenvalue weighted by atomic mass is 9.74. The smallest absolute Gasteiger partial charge is 0.297 e. The Kier molecular flexibility index (Phi) is 5.17. The summed E-state index contributed by atoms with van der Waals surface area (Å²) in [7, 11) is -4.67. The fourth-order valence-corrected chi connectivity index (χ4v) is 5.27. The number of nitrogens with zero attached hydrogens (tertiary/aromatic N) is 1. The molecule has 6 unspecified atom stereocenters. The van der Waals surface area contributed by atoms with Crippen molar-refractivity contribution in [3.05, 3.63) is 33.8 Å². The van der Waals surface area contributed by atoms with Crippen molar-refractivity contribution in [3.63, 3.8) is 0 Å².